The Morgan fingerprint density at radius 1 is 1.24 bits per heavy atom. The predicted molar refractivity (Wildman–Crippen MR) is 91.4 cm³/mol. The lowest BCUT2D eigenvalue weighted by Gasteiger charge is -2.16. The van der Waals surface area contributed by atoms with Crippen molar-refractivity contribution < 1.29 is 0 Å². The van der Waals surface area contributed by atoms with Crippen molar-refractivity contribution in [3.63, 3.8) is 0 Å². The van der Waals surface area contributed by atoms with E-state index in [1.54, 1.807) is 0 Å². The van der Waals surface area contributed by atoms with Crippen LogP contribution in [0.3, 0.4) is 0 Å². The largest absolute Gasteiger partial charge is 0.350 e. The summed E-state index contributed by atoms with van der Waals surface area (Å²) in [4.78, 5) is 0. The maximum Gasteiger partial charge on any atom is 0.0470 e. The van der Waals surface area contributed by atoms with Crippen LogP contribution in [0.2, 0.25) is 0 Å². The third-order valence-electron chi connectivity index (χ3n) is 4.12. The maximum atomic E-state index is 3.71. The molecule has 1 aromatic carbocycles. The van der Waals surface area contributed by atoms with Crippen LogP contribution in [-0.4, -0.2) is 11.1 Å². The highest BCUT2D eigenvalue weighted by Crippen LogP contribution is 2.41. The number of hydrogen-bond acceptors (Lipinski definition) is 1. The van der Waals surface area contributed by atoms with Crippen molar-refractivity contribution in [1.82, 2.24) is 9.88 Å². The van der Waals surface area contributed by atoms with E-state index in [-0.39, 0.29) is 0 Å². The summed E-state index contributed by atoms with van der Waals surface area (Å²) < 4.78 is 3.43. The van der Waals surface area contributed by atoms with Gasteiger partial charge < -0.3 is 9.88 Å². The predicted octanol–water partition coefficient (Wildman–Crippen LogP) is 4.75. The highest BCUT2D eigenvalue weighted by atomic mass is 79.9. The summed E-state index contributed by atoms with van der Waals surface area (Å²) >= 11 is 3.49. The summed E-state index contributed by atoms with van der Waals surface area (Å²) in [7, 11) is 0. The van der Waals surface area contributed by atoms with Gasteiger partial charge in [0.15, 0.2) is 0 Å². The van der Waals surface area contributed by atoms with Gasteiger partial charge in [0.1, 0.15) is 0 Å². The van der Waals surface area contributed by atoms with Gasteiger partial charge in [0.05, 0.1) is 0 Å². The van der Waals surface area contributed by atoms with E-state index in [0.717, 1.165) is 23.5 Å². The second-order valence-corrected chi connectivity index (χ2v) is 6.93. The Balaban J connectivity index is 1.68. The molecule has 2 aromatic rings. The molecule has 1 aliphatic carbocycles. The fourth-order valence-electron chi connectivity index (χ4n) is 2.83. The molecule has 0 aliphatic heterocycles. The van der Waals surface area contributed by atoms with Gasteiger partial charge in [-0.1, -0.05) is 35.0 Å². The Bertz CT molecular complexity index is 569. The molecule has 1 N–H and O–H groups in total. The standard InChI is InChI=1S/C18H23BrN2/c1-2-10-20-18(15-5-6-15)16-9-11-21(13-16)12-14-3-7-17(19)8-4-14/h3-4,7-9,11,13,15,18,20H,2,5-6,10,12H2,1H3. The first-order valence-corrected chi connectivity index (χ1v) is 8.69. The quantitative estimate of drug-likeness (QED) is 0.765. The van der Waals surface area contributed by atoms with Gasteiger partial charge in [-0.05, 0) is 61.1 Å². The van der Waals surface area contributed by atoms with Crippen molar-refractivity contribution in [3.8, 4) is 0 Å². The molecule has 1 heterocycles. The van der Waals surface area contributed by atoms with Gasteiger partial charge in [-0.15, -0.1) is 0 Å². The Kier molecular flexibility index (Phi) is 4.81. The second-order valence-electron chi connectivity index (χ2n) is 6.01. The number of nitrogens with zero attached hydrogens (tertiary/aromatic N) is 1. The van der Waals surface area contributed by atoms with Gasteiger partial charge in [0, 0.05) is 29.5 Å². The van der Waals surface area contributed by atoms with Crippen LogP contribution in [0.5, 0.6) is 0 Å². The number of benzene rings is 1. The fraction of sp³-hybridized carbons (Fsp3) is 0.444. The van der Waals surface area contributed by atoms with Gasteiger partial charge in [-0.25, -0.2) is 0 Å². The van der Waals surface area contributed by atoms with Gasteiger partial charge in [0.2, 0.25) is 0 Å². The number of hydrogen-bond donors (Lipinski definition) is 1. The summed E-state index contributed by atoms with van der Waals surface area (Å²) in [6.07, 6.45) is 8.47. The van der Waals surface area contributed by atoms with E-state index < -0.39 is 0 Å². The topological polar surface area (TPSA) is 17.0 Å². The molecule has 0 radical (unpaired) electrons. The van der Waals surface area contributed by atoms with Crippen LogP contribution >= 0.6 is 15.9 Å². The molecule has 1 fully saturated rings. The average Bonchev–Trinajstić information content (AvgIpc) is 3.22. The molecule has 1 aromatic heterocycles. The first-order chi connectivity index (χ1) is 10.3. The van der Waals surface area contributed by atoms with Crippen LogP contribution in [-0.2, 0) is 6.54 Å². The summed E-state index contributed by atoms with van der Waals surface area (Å²) in [6, 6.07) is 11.4. The molecule has 0 amide bonds. The molecular formula is C18H23BrN2. The molecule has 1 atom stereocenters. The van der Waals surface area contributed by atoms with Gasteiger partial charge in [-0.2, -0.15) is 0 Å². The lowest BCUT2D eigenvalue weighted by molar-refractivity contribution is 0.480. The van der Waals surface area contributed by atoms with Crippen molar-refractivity contribution >= 4 is 15.9 Å². The van der Waals surface area contributed by atoms with E-state index in [1.165, 1.54) is 30.4 Å². The summed E-state index contributed by atoms with van der Waals surface area (Å²) in [5.74, 6) is 0.847. The van der Waals surface area contributed by atoms with Crippen molar-refractivity contribution in [1.29, 1.82) is 0 Å². The molecule has 0 spiro atoms. The van der Waals surface area contributed by atoms with Crippen LogP contribution in [0.1, 0.15) is 43.4 Å². The molecule has 0 saturated heterocycles. The second kappa shape index (κ2) is 6.80. The normalized spacial score (nSPS) is 16.1. The molecule has 3 heteroatoms. The summed E-state index contributed by atoms with van der Waals surface area (Å²) in [5, 5.41) is 3.71. The molecule has 1 unspecified atom stereocenters. The van der Waals surface area contributed by atoms with E-state index in [1.807, 2.05) is 0 Å². The first kappa shape index (κ1) is 14.9. The average molecular weight is 347 g/mol. The van der Waals surface area contributed by atoms with E-state index in [4.69, 9.17) is 0 Å². The zero-order valence-electron chi connectivity index (χ0n) is 12.6. The fourth-order valence-corrected chi connectivity index (χ4v) is 3.09. The number of halogens is 1. The molecule has 1 aliphatic rings. The van der Waals surface area contributed by atoms with Crippen LogP contribution in [0.25, 0.3) is 0 Å². The molecular weight excluding hydrogens is 324 g/mol. The lowest BCUT2D eigenvalue weighted by Crippen LogP contribution is -2.23. The van der Waals surface area contributed by atoms with Crippen LogP contribution in [0.15, 0.2) is 47.2 Å². The zero-order valence-corrected chi connectivity index (χ0v) is 14.1. The molecule has 1 saturated carbocycles. The molecule has 21 heavy (non-hydrogen) atoms. The van der Waals surface area contributed by atoms with E-state index in [0.29, 0.717) is 6.04 Å². The Morgan fingerprint density at radius 3 is 2.67 bits per heavy atom. The van der Waals surface area contributed by atoms with Crippen molar-refractivity contribution in [3.05, 3.63) is 58.3 Å². The minimum absolute atomic E-state index is 0.552. The Labute approximate surface area is 135 Å². The SMILES string of the molecule is CCCNC(c1ccn(Cc2ccc(Br)cc2)c1)C1CC1. The van der Waals surface area contributed by atoms with E-state index in [2.05, 4.69) is 75.5 Å². The Hall–Kier alpha value is -1.06. The van der Waals surface area contributed by atoms with E-state index >= 15 is 0 Å². The minimum atomic E-state index is 0.552. The van der Waals surface area contributed by atoms with Crippen LogP contribution < -0.4 is 5.32 Å². The third-order valence-corrected chi connectivity index (χ3v) is 4.65. The van der Waals surface area contributed by atoms with Gasteiger partial charge in [-0.3, -0.25) is 0 Å². The van der Waals surface area contributed by atoms with Gasteiger partial charge in [0.25, 0.3) is 0 Å². The highest BCUT2D eigenvalue weighted by molar-refractivity contribution is 9.10. The van der Waals surface area contributed by atoms with Crippen molar-refractivity contribution in [2.24, 2.45) is 5.92 Å². The maximum absolute atomic E-state index is 3.71. The molecule has 112 valence electrons. The third kappa shape index (κ3) is 3.98. The lowest BCUT2D eigenvalue weighted by atomic mass is 10.1. The monoisotopic (exact) mass is 346 g/mol. The van der Waals surface area contributed by atoms with Crippen LogP contribution in [0, 0.1) is 5.92 Å². The summed E-state index contributed by atoms with van der Waals surface area (Å²) in [5.41, 5.74) is 2.79. The van der Waals surface area contributed by atoms with E-state index in [9.17, 15) is 0 Å². The Morgan fingerprint density at radius 2 is 2.00 bits per heavy atom. The molecule has 0 bridgehead atoms. The smallest absolute Gasteiger partial charge is 0.0470 e. The minimum Gasteiger partial charge on any atom is -0.350 e. The first-order valence-electron chi connectivity index (χ1n) is 7.90. The van der Waals surface area contributed by atoms with Gasteiger partial charge >= 0.3 is 0 Å². The molecule has 3 rings (SSSR count). The van der Waals surface area contributed by atoms with Crippen molar-refractivity contribution in [2.45, 2.75) is 38.8 Å². The van der Waals surface area contributed by atoms with Crippen molar-refractivity contribution in [2.75, 3.05) is 6.54 Å². The molecule has 2 nitrogen and oxygen atoms in total. The zero-order chi connectivity index (χ0) is 14.7. The summed E-state index contributed by atoms with van der Waals surface area (Å²) in [6.45, 7) is 4.28. The van der Waals surface area contributed by atoms with Crippen LogP contribution in [0.4, 0.5) is 0 Å². The number of nitrogens with one attached hydrogen (secondary N) is 1. The highest BCUT2D eigenvalue weighted by Gasteiger charge is 2.32. The number of aromatic nitrogens is 1. The number of rotatable bonds is 7.